The van der Waals surface area contributed by atoms with E-state index in [1.165, 1.54) is 16.4 Å². The Kier molecular flexibility index (Phi) is 6.60. The fourth-order valence-electron chi connectivity index (χ4n) is 3.65. The van der Waals surface area contributed by atoms with Crippen LogP contribution in [0.4, 0.5) is 5.13 Å². The summed E-state index contributed by atoms with van der Waals surface area (Å²) in [4.78, 5) is 21.9. The van der Waals surface area contributed by atoms with Crippen LogP contribution < -0.4 is 9.64 Å². The van der Waals surface area contributed by atoms with E-state index in [4.69, 9.17) is 9.72 Å². The molecule has 33 heavy (non-hydrogen) atoms. The first-order valence-electron chi connectivity index (χ1n) is 10.8. The van der Waals surface area contributed by atoms with Crippen molar-refractivity contribution in [3.63, 3.8) is 0 Å². The minimum Gasteiger partial charge on any atom is -0.497 e. The summed E-state index contributed by atoms with van der Waals surface area (Å²) in [5.41, 5.74) is 1.43. The van der Waals surface area contributed by atoms with Crippen LogP contribution in [-0.2, 0) is 10.0 Å². The molecule has 3 aromatic rings. The zero-order valence-electron chi connectivity index (χ0n) is 19.2. The number of sulfonamides is 1. The third-order valence-corrected chi connectivity index (χ3v) is 9.05. The minimum absolute atomic E-state index is 0.0927. The molecule has 0 saturated carbocycles. The number of anilines is 1. The zero-order chi connectivity index (χ0) is 23.8. The normalized spacial score (nSPS) is 15.0. The van der Waals surface area contributed by atoms with Crippen LogP contribution >= 0.6 is 11.3 Å². The van der Waals surface area contributed by atoms with Gasteiger partial charge in [-0.3, -0.25) is 4.79 Å². The standard InChI is InChI=1S/C23H28N4O4S2/c1-16(2)25(3)33(29,30)19-8-5-17(6-9-19)22(28)26-11-13-27(14-12-26)23-24-20-10-7-18(31-4)15-21(20)32-23/h5-10,15-16H,11-14H2,1-4H3. The Labute approximate surface area is 198 Å². The third-order valence-electron chi connectivity index (χ3n) is 5.93. The number of hydrogen-bond acceptors (Lipinski definition) is 7. The van der Waals surface area contributed by atoms with Crippen molar-refractivity contribution in [3.05, 3.63) is 48.0 Å². The van der Waals surface area contributed by atoms with Crippen LogP contribution in [-0.4, -0.2) is 74.9 Å². The highest BCUT2D eigenvalue weighted by Crippen LogP contribution is 2.32. The van der Waals surface area contributed by atoms with E-state index in [2.05, 4.69) is 4.90 Å². The van der Waals surface area contributed by atoms with Crippen molar-refractivity contribution in [1.82, 2.24) is 14.2 Å². The fourth-order valence-corrected chi connectivity index (χ4v) is 6.07. The predicted octanol–water partition coefficient (Wildman–Crippen LogP) is 3.30. The molecule has 1 aromatic heterocycles. The fraction of sp³-hybridized carbons (Fsp3) is 0.391. The van der Waals surface area contributed by atoms with Crippen LogP contribution in [0.2, 0.25) is 0 Å². The lowest BCUT2D eigenvalue weighted by molar-refractivity contribution is 0.0746. The van der Waals surface area contributed by atoms with Crippen molar-refractivity contribution in [2.45, 2.75) is 24.8 Å². The van der Waals surface area contributed by atoms with Crippen LogP contribution in [0.25, 0.3) is 10.2 Å². The number of hydrogen-bond donors (Lipinski definition) is 0. The Morgan fingerprint density at radius 1 is 1.09 bits per heavy atom. The molecule has 8 nitrogen and oxygen atoms in total. The number of rotatable bonds is 6. The van der Waals surface area contributed by atoms with Crippen LogP contribution in [0, 0.1) is 0 Å². The highest BCUT2D eigenvalue weighted by atomic mass is 32.2. The minimum atomic E-state index is -3.57. The Balaban J connectivity index is 1.41. The maximum Gasteiger partial charge on any atom is 0.253 e. The Hall–Kier alpha value is -2.69. The second-order valence-corrected chi connectivity index (χ2v) is 11.3. The number of carbonyl (C=O) groups is 1. The number of ether oxygens (including phenoxy) is 1. The summed E-state index contributed by atoms with van der Waals surface area (Å²) in [5.74, 6) is 0.715. The van der Waals surface area contributed by atoms with Crippen molar-refractivity contribution in [2.24, 2.45) is 0 Å². The van der Waals surface area contributed by atoms with E-state index >= 15 is 0 Å². The summed E-state index contributed by atoms with van der Waals surface area (Å²) in [5, 5.41) is 0.939. The molecule has 0 unspecified atom stereocenters. The number of methoxy groups -OCH3 is 1. The van der Waals surface area contributed by atoms with Crippen molar-refractivity contribution in [2.75, 3.05) is 45.2 Å². The number of amides is 1. The number of fused-ring (bicyclic) bond motifs is 1. The molecule has 1 fully saturated rings. The second-order valence-electron chi connectivity index (χ2n) is 8.25. The second kappa shape index (κ2) is 9.28. The first-order chi connectivity index (χ1) is 15.7. The number of piperazine rings is 1. The SMILES string of the molecule is COc1ccc2nc(N3CCN(C(=O)c4ccc(S(=O)(=O)N(C)C(C)C)cc4)CC3)sc2c1. The molecule has 4 rings (SSSR count). The lowest BCUT2D eigenvalue weighted by atomic mass is 10.2. The molecule has 0 radical (unpaired) electrons. The van der Waals surface area contributed by atoms with Gasteiger partial charge in [0.15, 0.2) is 5.13 Å². The molecule has 0 bridgehead atoms. The van der Waals surface area contributed by atoms with Gasteiger partial charge in [-0.15, -0.1) is 0 Å². The first-order valence-corrected chi connectivity index (χ1v) is 13.0. The molecule has 0 N–H and O–H groups in total. The van der Waals surface area contributed by atoms with E-state index in [1.54, 1.807) is 42.5 Å². The number of nitrogens with zero attached hydrogens (tertiary/aromatic N) is 4. The van der Waals surface area contributed by atoms with E-state index in [9.17, 15) is 13.2 Å². The molecule has 1 aliphatic heterocycles. The molecule has 1 aliphatic rings. The summed E-state index contributed by atoms with van der Waals surface area (Å²) < 4.78 is 33.0. The van der Waals surface area contributed by atoms with Crippen LogP contribution in [0.15, 0.2) is 47.4 Å². The third kappa shape index (κ3) is 4.68. The van der Waals surface area contributed by atoms with Crippen molar-refractivity contribution in [1.29, 1.82) is 0 Å². The molecule has 0 spiro atoms. The van der Waals surface area contributed by atoms with Crippen LogP contribution in [0.1, 0.15) is 24.2 Å². The number of aromatic nitrogens is 1. The van der Waals surface area contributed by atoms with Crippen LogP contribution in [0.5, 0.6) is 5.75 Å². The number of thiazole rings is 1. The maximum atomic E-state index is 13.0. The van der Waals surface area contributed by atoms with Crippen molar-refractivity contribution >= 4 is 42.6 Å². The van der Waals surface area contributed by atoms with Gasteiger partial charge in [-0.05, 0) is 56.3 Å². The highest BCUT2D eigenvalue weighted by molar-refractivity contribution is 7.89. The molecule has 0 aliphatic carbocycles. The summed E-state index contributed by atoms with van der Waals surface area (Å²) in [6, 6.07) is 11.9. The average Bonchev–Trinajstić information content (AvgIpc) is 3.26. The largest absolute Gasteiger partial charge is 0.497 e. The molecular formula is C23H28N4O4S2. The molecule has 10 heteroatoms. The summed E-state index contributed by atoms with van der Waals surface area (Å²) in [6.07, 6.45) is 0. The molecule has 2 aromatic carbocycles. The number of benzene rings is 2. The predicted molar refractivity (Wildman–Crippen MR) is 131 cm³/mol. The van der Waals surface area contributed by atoms with Gasteiger partial charge in [0, 0.05) is 44.8 Å². The summed E-state index contributed by atoms with van der Waals surface area (Å²) in [6.45, 7) is 6.17. The molecule has 1 saturated heterocycles. The monoisotopic (exact) mass is 488 g/mol. The lowest BCUT2D eigenvalue weighted by Crippen LogP contribution is -2.48. The quantitative estimate of drug-likeness (QED) is 0.530. The molecule has 1 amide bonds. The van der Waals surface area contributed by atoms with Gasteiger partial charge in [-0.2, -0.15) is 4.31 Å². The van der Waals surface area contributed by atoms with E-state index in [0.717, 1.165) is 21.1 Å². The Morgan fingerprint density at radius 2 is 1.76 bits per heavy atom. The van der Waals surface area contributed by atoms with E-state index < -0.39 is 10.0 Å². The zero-order valence-corrected chi connectivity index (χ0v) is 20.8. The van der Waals surface area contributed by atoms with E-state index in [1.807, 2.05) is 32.0 Å². The van der Waals surface area contributed by atoms with Crippen molar-refractivity contribution < 1.29 is 17.9 Å². The van der Waals surface area contributed by atoms with Gasteiger partial charge in [0.1, 0.15) is 5.75 Å². The highest BCUT2D eigenvalue weighted by Gasteiger charge is 2.26. The Bertz CT molecular complexity index is 1250. The van der Waals surface area contributed by atoms with Gasteiger partial charge in [0.25, 0.3) is 5.91 Å². The summed E-state index contributed by atoms with van der Waals surface area (Å²) in [7, 11) is -0.366. The van der Waals surface area contributed by atoms with E-state index in [0.29, 0.717) is 31.7 Å². The van der Waals surface area contributed by atoms with Gasteiger partial charge in [-0.25, -0.2) is 13.4 Å². The maximum absolute atomic E-state index is 13.0. The van der Waals surface area contributed by atoms with Gasteiger partial charge < -0.3 is 14.5 Å². The molecule has 0 atom stereocenters. The lowest BCUT2D eigenvalue weighted by Gasteiger charge is -2.34. The summed E-state index contributed by atoms with van der Waals surface area (Å²) >= 11 is 1.62. The molecular weight excluding hydrogens is 460 g/mol. The molecule has 176 valence electrons. The average molecular weight is 489 g/mol. The first kappa shape index (κ1) is 23.5. The van der Waals surface area contributed by atoms with Crippen LogP contribution in [0.3, 0.4) is 0 Å². The topological polar surface area (TPSA) is 83.0 Å². The van der Waals surface area contributed by atoms with Gasteiger partial charge in [0.2, 0.25) is 10.0 Å². The van der Waals surface area contributed by atoms with Gasteiger partial charge >= 0.3 is 0 Å². The van der Waals surface area contributed by atoms with Gasteiger partial charge in [-0.1, -0.05) is 11.3 Å². The smallest absolute Gasteiger partial charge is 0.253 e. The van der Waals surface area contributed by atoms with Crippen molar-refractivity contribution in [3.8, 4) is 5.75 Å². The Morgan fingerprint density at radius 3 is 2.36 bits per heavy atom. The number of carbonyl (C=O) groups excluding carboxylic acids is 1. The molecule has 2 heterocycles. The van der Waals surface area contributed by atoms with E-state index in [-0.39, 0.29) is 16.8 Å². The van der Waals surface area contributed by atoms with Gasteiger partial charge in [0.05, 0.1) is 22.2 Å².